The number of hydrogen-bond acceptors (Lipinski definition) is 4. The van der Waals surface area contributed by atoms with Crippen molar-refractivity contribution in [1.29, 1.82) is 0 Å². The van der Waals surface area contributed by atoms with Crippen LogP contribution in [0.1, 0.15) is 30.5 Å². The quantitative estimate of drug-likeness (QED) is 0.453. The Morgan fingerprint density at radius 3 is 2.17 bits per heavy atom. The monoisotopic (exact) mass is 431 g/mol. The van der Waals surface area contributed by atoms with Gasteiger partial charge in [-0.25, -0.2) is 4.79 Å². The molecule has 3 rings (SSSR count). The molecule has 6 heteroatoms. The molecule has 1 aromatic heterocycles. The van der Waals surface area contributed by atoms with Crippen molar-refractivity contribution in [2.24, 2.45) is 0 Å². The molecule has 0 aliphatic carbocycles. The van der Waals surface area contributed by atoms with Crippen molar-refractivity contribution in [1.82, 2.24) is 4.98 Å². The predicted molar refractivity (Wildman–Crippen MR) is 117 cm³/mol. The van der Waals surface area contributed by atoms with Crippen LogP contribution >= 0.6 is 24.0 Å². The van der Waals surface area contributed by atoms with Crippen LogP contribution in [0.25, 0.3) is 0 Å². The van der Waals surface area contributed by atoms with Crippen LogP contribution in [0, 0.1) is 0 Å². The SMILES string of the molecule is CC(C)(Oc1ccc(Cc2ccc(Cl)cc2)cc1)C(=O)OCc1cccnc1.Cl. The minimum absolute atomic E-state index is 0. The maximum absolute atomic E-state index is 12.4. The second kappa shape index (κ2) is 10.3. The Bertz CT molecular complexity index is 911. The molecule has 0 fully saturated rings. The van der Waals surface area contributed by atoms with Gasteiger partial charge in [-0.2, -0.15) is 0 Å². The lowest BCUT2D eigenvalue weighted by Gasteiger charge is -2.24. The third-order valence-corrected chi connectivity index (χ3v) is 4.45. The third kappa shape index (κ3) is 6.77. The Labute approximate surface area is 182 Å². The van der Waals surface area contributed by atoms with E-state index < -0.39 is 11.6 Å². The highest BCUT2D eigenvalue weighted by atomic mass is 35.5. The van der Waals surface area contributed by atoms with Crippen molar-refractivity contribution < 1.29 is 14.3 Å². The van der Waals surface area contributed by atoms with Crippen molar-refractivity contribution in [3.63, 3.8) is 0 Å². The molecule has 0 N–H and O–H groups in total. The van der Waals surface area contributed by atoms with Gasteiger partial charge in [-0.3, -0.25) is 4.98 Å². The van der Waals surface area contributed by atoms with Crippen LogP contribution in [-0.2, 0) is 22.6 Å². The first-order valence-corrected chi connectivity index (χ1v) is 9.39. The standard InChI is InChI=1S/C23H22ClNO3.ClH/c1-23(2,22(26)27-16-19-4-3-13-25-15-19)28-21-11-7-18(8-12-21)14-17-5-9-20(24)10-6-17;/h3-13,15H,14,16H2,1-2H3;1H. The number of nitrogens with zero attached hydrogens (tertiary/aromatic N) is 1. The van der Waals surface area contributed by atoms with Gasteiger partial charge in [-0.05, 0) is 61.7 Å². The van der Waals surface area contributed by atoms with Crippen molar-refractivity contribution >= 4 is 30.0 Å². The lowest BCUT2D eigenvalue weighted by Crippen LogP contribution is -2.39. The van der Waals surface area contributed by atoms with Crippen LogP contribution in [0.5, 0.6) is 5.75 Å². The summed E-state index contributed by atoms with van der Waals surface area (Å²) in [5.41, 5.74) is 2.06. The molecule has 0 aliphatic heterocycles. The molecule has 0 aliphatic rings. The fraction of sp³-hybridized carbons (Fsp3) is 0.217. The van der Waals surface area contributed by atoms with Gasteiger partial charge in [0.05, 0.1) is 0 Å². The molecule has 152 valence electrons. The number of ether oxygens (including phenoxy) is 2. The fourth-order valence-electron chi connectivity index (χ4n) is 2.66. The van der Waals surface area contributed by atoms with E-state index >= 15 is 0 Å². The average molecular weight is 432 g/mol. The van der Waals surface area contributed by atoms with E-state index in [1.165, 1.54) is 5.56 Å². The van der Waals surface area contributed by atoms with E-state index in [0.717, 1.165) is 22.6 Å². The Hall–Kier alpha value is -2.56. The van der Waals surface area contributed by atoms with Gasteiger partial charge in [0.1, 0.15) is 12.4 Å². The zero-order chi connectivity index (χ0) is 20.0. The van der Waals surface area contributed by atoms with E-state index in [9.17, 15) is 4.79 Å². The normalized spacial score (nSPS) is 10.7. The summed E-state index contributed by atoms with van der Waals surface area (Å²) in [6, 6.07) is 19.1. The highest BCUT2D eigenvalue weighted by molar-refractivity contribution is 6.30. The Kier molecular flexibility index (Phi) is 8.06. The number of benzene rings is 2. The zero-order valence-electron chi connectivity index (χ0n) is 16.3. The largest absolute Gasteiger partial charge is 0.476 e. The van der Waals surface area contributed by atoms with Gasteiger partial charge in [-0.1, -0.05) is 41.9 Å². The van der Waals surface area contributed by atoms with E-state index in [0.29, 0.717) is 5.75 Å². The van der Waals surface area contributed by atoms with Crippen LogP contribution in [0.3, 0.4) is 0 Å². The van der Waals surface area contributed by atoms with Crippen LogP contribution < -0.4 is 4.74 Å². The lowest BCUT2D eigenvalue weighted by molar-refractivity contribution is -0.160. The molecular weight excluding hydrogens is 409 g/mol. The minimum atomic E-state index is -1.10. The van der Waals surface area contributed by atoms with Gasteiger partial charge >= 0.3 is 5.97 Å². The smallest absolute Gasteiger partial charge is 0.350 e. The van der Waals surface area contributed by atoms with Gasteiger partial charge < -0.3 is 9.47 Å². The van der Waals surface area contributed by atoms with Crippen LogP contribution in [-0.4, -0.2) is 16.6 Å². The van der Waals surface area contributed by atoms with Crippen molar-refractivity contribution in [3.05, 3.63) is 94.8 Å². The summed E-state index contributed by atoms with van der Waals surface area (Å²) in [4.78, 5) is 16.4. The summed E-state index contributed by atoms with van der Waals surface area (Å²) in [6.45, 7) is 3.56. The summed E-state index contributed by atoms with van der Waals surface area (Å²) >= 11 is 5.92. The molecule has 0 unspecified atom stereocenters. The van der Waals surface area contributed by atoms with E-state index in [4.69, 9.17) is 21.1 Å². The average Bonchev–Trinajstić information content (AvgIpc) is 2.70. The van der Waals surface area contributed by atoms with Crippen molar-refractivity contribution in [2.75, 3.05) is 0 Å². The number of pyridine rings is 1. The van der Waals surface area contributed by atoms with Crippen LogP contribution in [0.2, 0.25) is 5.02 Å². The molecule has 0 atom stereocenters. The predicted octanol–water partition coefficient (Wildman–Crippen LogP) is 5.65. The first-order valence-electron chi connectivity index (χ1n) is 9.01. The first-order chi connectivity index (χ1) is 13.4. The van der Waals surface area contributed by atoms with E-state index in [2.05, 4.69) is 4.98 Å². The molecule has 29 heavy (non-hydrogen) atoms. The summed E-state index contributed by atoms with van der Waals surface area (Å²) < 4.78 is 11.2. The molecular formula is C23H23Cl2NO3. The number of carbonyl (C=O) groups is 1. The summed E-state index contributed by atoms with van der Waals surface area (Å²) in [6.07, 6.45) is 4.14. The highest BCUT2D eigenvalue weighted by Gasteiger charge is 2.32. The van der Waals surface area contributed by atoms with Gasteiger partial charge in [0.25, 0.3) is 0 Å². The number of halogens is 2. The van der Waals surface area contributed by atoms with E-state index in [1.807, 2.05) is 54.6 Å². The number of aromatic nitrogens is 1. The van der Waals surface area contributed by atoms with Crippen LogP contribution in [0.4, 0.5) is 0 Å². The maximum Gasteiger partial charge on any atom is 0.350 e. The highest BCUT2D eigenvalue weighted by Crippen LogP contribution is 2.22. The molecule has 3 aromatic rings. The maximum atomic E-state index is 12.4. The second-order valence-corrected chi connectivity index (χ2v) is 7.43. The molecule has 0 amide bonds. The van der Waals surface area contributed by atoms with Crippen molar-refractivity contribution in [2.45, 2.75) is 32.5 Å². The Morgan fingerprint density at radius 1 is 0.966 bits per heavy atom. The van der Waals surface area contributed by atoms with E-state index in [1.54, 1.807) is 32.3 Å². The van der Waals surface area contributed by atoms with Crippen LogP contribution in [0.15, 0.2) is 73.1 Å². The number of esters is 1. The Morgan fingerprint density at radius 2 is 1.59 bits per heavy atom. The summed E-state index contributed by atoms with van der Waals surface area (Å²) in [5, 5.41) is 0.727. The second-order valence-electron chi connectivity index (χ2n) is 7.00. The minimum Gasteiger partial charge on any atom is -0.476 e. The molecule has 1 heterocycles. The molecule has 0 saturated carbocycles. The number of hydrogen-bond donors (Lipinski definition) is 0. The molecule has 2 aromatic carbocycles. The van der Waals surface area contributed by atoms with Crippen molar-refractivity contribution in [3.8, 4) is 5.75 Å². The molecule has 0 spiro atoms. The topological polar surface area (TPSA) is 48.4 Å². The molecule has 4 nitrogen and oxygen atoms in total. The van der Waals surface area contributed by atoms with Gasteiger partial charge in [-0.15, -0.1) is 12.4 Å². The molecule has 0 radical (unpaired) electrons. The fourth-order valence-corrected chi connectivity index (χ4v) is 2.78. The summed E-state index contributed by atoms with van der Waals surface area (Å²) in [5.74, 6) is 0.185. The number of rotatable bonds is 7. The Balaban J connectivity index is 0.00000300. The lowest BCUT2D eigenvalue weighted by atomic mass is 10.0. The first kappa shape index (κ1) is 22.7. The van der Waals surface area contributed by atoms with Gasteiger partial charge in [0.15, 0.2) is 5.60 Å². The third-order valence-electron chi connectivity index (χ3n) is 4.20. The van der Waals surface area contributed by atoms with Gasteiger partial charge in [0.2, 0.25) is 0 Å². The number of carbonyl (C=O) groups excluding carboxylic acids is 1. The van der Waals surface area contributed by atoms with Gasteiger partial charge in [0, 0.05) is 23.0 Å². The van der Waals surface area contributed by atoms with E-state index in [-0.39, 0.29) is 19.0 Å². The molecule has 0 bridgehead atoms. The zero-order valence-corrected chi connectivity index (χ0v) is 17.9. The molecule has 0 saturated heterocycles. The summed E-state index contributed by atoms with van der Waals surface area (Å²) in [7, 11) is 0.